The van der Waals surface area contributed by atoms with Crippen molar-refractivity contribution in [3.63, 3.8) is 0 Å². The Kier molecular flexibility index (Phi) is 3.36. The summed E-state index contributed by atoms with van der Waals surface area (Å²) in [6.07, 6.45) is 9.93. The Morgan fingerprint density at radius 1 is 1.20 bits per heavy atom. The molecule has 1 atom stereocenters. The SMILES string of the molecule is CN(C)C(C1CCCCC1)C1(CN)CC1. The zero-order valence-corrected chi connectivity index (χ0v) is 10.3. The Balaban J connectivity index is 2.05. The molecule has 2 N–H and O–H groups in total. The number of nitrogens with two attached hydrogens (primary N) is 1. The fourth-order valence-corrected chi connectivity index (χ4v) is 3.70. The normalized spacial score (nSPS) is 28.0. The maximum atomic E-state index is 5.99. The second-order valence-electron chi connectivity index (χ2n) is 5.87. The standard InChI is InChI=1S/C13H26N2/c1-15(2)12(13(10-14)8-9-13)11-6-4-3-5-7-11/h11-12H,3-10,14H2,1-2H3. The van der Waals surface area contributed by atoms with E-state index in [-0.39, 0.29) is 0 Å². The van der Waals surface area contributed by atoms with E-state index in [0.717, 1.165) is 18.5 Å². The topological polar surface area (TPSA) is 29.3 Å². The van der Waals surface area contributed by atoms with E-state index in [1.807, 2.05) is 0 Å². The van der Waals surface area contributed by atoms with Gasteiger partial charge in [0, 0.05) is 6.04 Å². The molecule has 0 bridgehead atoms. The largest absolute Gasteiger partial charge is 0.330 e. The summed E-state index contributed by atoms with van der Waals surface area (Å²) in [5.41, 5.74) is 6.48. The molecular weight excluding hydrogens is 184 g/mol. The summed E-state index contributed by atoms with van der Waals surface area (Å²) in [5, 5.41) is 0. The van der Waals surface area contributed by atoms with Crippen molar-refractivity contribution in [2.45, 2.75) is 51.0 Å². The van der Waals surface area contributed by atoms with Gasteiger partial charge in [0.15, 0.2) is 0 Å². The molecule has 0 heterocycles. The van der Waals surface area contributed by atoms with Crippen molar-refractivity contribution in [2.75, 3.05) is 20.6 Å². The Morgan fingerprint density at radius 3 is 2.20 bits per heavy atom. The van der Waals surface area contributed by atoms with E-state index in [4.69, 9.17) is 5.73 Å². The Morgan fingerprint density at radius 2 is 1.80 bits per heavy atom. The third kappa shape index (κ3) is 2.21. The van der Waals surface area contributed by atoms with Gasteiger partial charge in [-0.2, -0.15) is 0 Å². The molecule has 0 aromatic heterocycles. The van der Waals surface area contributed by atoms with Crippen LogP contribution >= 0.6 is 0 Å². The predicted molar refractivity (Wildman–Crippen MR) is 64.8 cm³/mol. The lowest BCUT2D eigenvalue weighted by Gasteiger charge is -2.40. The lowest BCUT2D eigenvalue weighted by atomic mass is 9.76. The summed E-state index contributed by atoms with van der Waals surface area (Å²) in [6.45, 7) is 0.895. The van der Waals surface area contributed by atoms with Gasteiger partial charge in [-0.05, 0) is 57.7 Å². The molecule has 0 aliphatic heterocycles. The molecule has 2 aliphatic rings. The molecule has 0 spiro atoms. The van der Waals surface area contributed by atoms with Gasteiger partial charge in [0.2, 0.25) is 0 Å². The minimum atomic E-state index is 0.492. The van der Waals surface area contributed by atoms with Crippen LogP contribution in [0.1, 0.15) is 44.9 Å². The highest BCUT2D eigenvalue weighted by atomic mass is 15.1. The van der Waals surface area contributed by atoms with Crippen LogP contribution in [-0.4, -0.2) is 31.6 Å². The first-order valence-electron chi connectivity index (χ1n) is 6.56. The van der Waals surface area contributed by atoms with Gasteiger partial charge in [0.25, 0.3) is 0 Å². The average Bonchev–Trinajstić information content (AvgIpc) is 3.00. The molecule has 0 aromatic carbocycles. The van der Waals surface area contributed by atoms with Crippen molar-refractivity contribution in [1.82, 2.24) is 4.90 Å². The Bertz CT molecular complexity index is 203. The third-order valence-corrected chi connectivity index (χ3v) is 4.58. The van der Waals surface area contributed by atoms with Gasteiger partial charge >= 0.3 is 0 Å². The third-order valence-electron chi connectivity index (χ3n) is 4.58. The Labute approximate surface area is 94.2 Å². The lowest BCUT2D eigenvalue weighted by molar-refractivity contribution is 0.103. The van der Waals surface area contributed by atoms with Gasteiger partial charge in [-0.15, -0.1) is 0 Å². The van der Waals surface area contributed by atoms with E-state index in [1.165, 1.54) is 44.9 Å². The summed E-state index contributed by atoms with van der Waals surface area (Å²) in [7, 11) is 4.49. The van der Waals surface area contributed by atoms with Crippen LogP contribution in [-0.2, 0) is 0 Å². The predicted octanol–water partition coefficient (Wildman–Crippen LogP) is 2.24. The molecule has 0 saturated heterocycles. The van der Waals surface area contributed by atoms with Crippen molar-refractivity contribution in [2.24, 2.45) is 17.1 Å². The van der Waals surface area contributed by atoms with Crippen LogP contribution in [0.4, 0.5) is 0 Å². The molecule has 0 amide bonds. The molecule has 2 rings (SSSR count). The van der Waals surface area contributed by atoms with E-state index in [9.17, 15) is 0 Å². The van der Waals surface area contributed by atoms with E-state index in [1.54, 1.807) is 0 Å². The second kappa shape index (κ2) is 4.42. The molecule has 2 saturated carbocycles. The van der Waals surface area contributed by atoms with Gasteiger partial charge in [-0.3, -0.25) is 0 Å². The zero-order valence-electron chi connectivity index (χ0n) is 10.3. The van der Waals surface area contributed by atoms with Gasteiger partial charge in [-0.1, -0.05) is 19.3 Å². The fraction of sp³-hybridized carbons (Fsp3) is 1.00. The van der Waals surface area contributed by atoms with Crippen LogP contribution in [0, 0.1) is 11.3 Å². The molecule has 2 nitrogen and oxygen atoms in total. The number of rotatable bonds is 4. The van der Waals surface area contributed by atoms with E-state index in [0.29, 0.717) is 5.41 Å². The minimum absolute atomic E-state index is 0.492. The minimum Gasteiger partial charge on any atom is -0.330 e. The monoisotopic (exact) mass is 210 g/mol. The fourth-order valence-electron chi connectivity index (χ4n) is 3.70. The highest BCUT2D eigenvalue weighted by Crippen LogP contribution is 2.53. The van der Waals surface area contributed by atoms with E-state index >= 15 is 0 Å². The smallest absolute Gasteiger partial charge is 0.0186 e. The number of hydrogen-bond donors (Lipinski definition) is 1. The summed E-state index contributed by atoms with van der Waals surface area (Å²) < 4.78 is 0. The number of hydrogen-bond acceptors (Lipinski definition) is 2. The van der Waals surface area contributed by atoms with Crippen molar-refractivity contribution < 1.29 is 0 Å². The van der Waals surface area contributed by atoms with Crippen molar-refractivity contribution in [1.29, 1.82) is 0 Å². The highest BCUT2D eigenvalue weighted by molar-refractivity contribution is 5.05. The van der Waals surface area contributed by atoms with Gasteiger partial charge in [-0.25, -0.2) is 0 Å². The van der Waals surface area contributed by atoms with Crippen molar-refractivity contribution in [3.8, 4) is 0 Å². The molecule has 0 radical (unpaired) electrons. The maximum absolute atomic E-state index is 5.99. The van der Waals surface area contributed by atoms with Crippen molar-refractivity contribution >= 4 is 0 Å². The summed E-state index contributed by atoms with van der Waals surface area (Å²) in [5.74, 6) is 0.916. The van der Waals surface area contributed by atoms with Crippen molar-refractivity contribution in [3.05, 3.63) is 0 Å². The second-order valence-corrected chi connectivity index (χ2v) is 5.87. The average molecular weight is 210 g/mol. The van der Waals surface area contributed by atoms with Crippen LogP contribution in [0.5, 0.6) is 0 Å². The van der Waals surface area contributed by atoms with Gasteiger partial charge in [0.1, 0.15) is 0 Å². The van der Waals surface area contributed by atoms with Gasteiger partial charge < -0.3 is 10.6 Å². The first-order valence-corrected chi connectivity index (χ1v) is 6.56. The molecule has 88 valence electrons. The molecule has 2 heteroatoms. The van der Waals surface area contributed by atoms with Crippen LogP contribution in [0.3, 0.4) is 0 Å². The summed E-state index contributed by atoms with van der Waals surface area (Å²) >= 11 is 0. The van der Waals surface area contributed by atoms with Crippen LogP contribution in [0.15, 0.2) is 0 Å². The molecule has 1 unspecified atom stereocenters. The quantitative estimate of drug-likeness (QED) is 0.771. The molecule has 2 aliphatic carbocycles. The van der Waals surface area contributed by atoms with Crippen LogP contribution in [0.2, 0.25) is 0 Å². The van der Waals surface area contributed by atoms with Crippen LogP contribution < -0.4 is 5.73 Å². The highest BCUT2D eigenvalue weighted by Gasteiger charge is 2.51. The number of nitrogens with zero attached hydrogens (tertiary/aromatic N) is 1. The van der Waals surface area contributed by atoms with Crippen LogP contribution in [0.25, 0.3) is 0 Å². The van der Waals surface area contributed by atoms with E-state index in [2.05, 4.69) is 19.0 Å². The first-order chi connectivity index (χ1) is 7.19. The molecular formula is C13H26N2. The summed E-state index contributed by atoms with van der Waals surface area (Å²) in [6, 6.07) is 0.753. The molecule has 15 heavy (non-hydrogen) atoms. The Hall–Kier alpha value is -0.0800. The van der Waals surface area contributed by atoms with Gasteiger partial charge in [0.05, 0.1) is 0 Å². The first kappa shape index (κ1) is 11.4. The zero-order chi connectivity index (χ0) is 10.9. The molecule has 2 fully saturated rings. The lowest BCUT2D eigenvalue weighted by Crippen LogP contribution is -2.46. The maximum Gasteiger partial charge on any atom is 0.0186 e. The summed E-state index contributed by atoms with van der Waals surface area (Å²) in [4.78, 5) is 2.45. The molecule has 0 aromatic rings. The van der Waals surface area contributed by atoms with E-state index < -0.39 is 0 Å².